The Morgan fingerprint density at radius 3 is 1.88 bits per heavy atom. The molecule has 0 radical (unpaired) electrons. The quantitative estimate of drug-likeness (QED) is 0.508. The zero-order chi connectivity index (χ0) is 6.36. The monoisotopic (exact) mass is 152 g/mol. The summed E-state index contributed by atoms with van der Waals surface area (Å²) in [5.41, 5.74) is 0.425. The summed E-state index contributed by atoms with van der Waals surface area (Å²) in [5, 5.41) is 0. The van der Waals surface area contributed by atoms with Gasteiger partial charge in [-0.1, -0.05) is 13.8 Å². The second kappa shape index (κ2) is 1.78. The summed E-state index contributed by atoms with van der Waals surface area (Å²) in [6.45, 7) is 4.38. The van der Waals surface area contributed by atoms with E-state index in [9.17, 15) is 0 Å². The molecule has 0 heterocycles. The molecule has 0 saturated heterocycles. The van der Waals surface area contributed by atoms with E-state index in [0.717, 1.165) is 0 Å². The van der Waals surface area contributed by atoms with Gasteiger partial charge in [-0.25, -0.2) is 0 Å². The van der Waals surface area contributed by atoms with Crippen molar-refractivity contribution in [3.63, 3.8) is 0 Å². The van der Waals surface area contributed by atoms with Crippen molar-refractivity contribution in [2.45, 2.75) is 25.1 Å². The van der Waals surface area contributed by atoms with Gasteiger partial charge in [-0.05, 0) is 17.8 Å². The first-order chi connectivity index (χ1) is 3.54. The summed E-state index contributed by atoms with van der Waals surface area (Å²) in [5.74, 6) is 0.547. The van der Waals surface area contributed by atoms with Crippen molar-refractivity contribution in [1.29, 1.82) is 0 Å². The SMILES string of the molecule is CC1(C)CC1C(Cl)Cl. The molecule has 0 spiro atoms. The molecule has 1 aliphatic carbocycles. The second-order valence-electron chi connectivity index (χ2n) is 3.13. The fraction of sp³-hybridized carbons (Fsp3) is 1.00. The largest absolute Gasteiger partial charge is 0.111 e. The van der Waals surface area contributed by atoms with E-state index in [4.69, 9.17) is 23.2 Å². The third kappa shape index (κ3) is 1.11. The average molecular weight is 153 g/mol. The highest BCUT2D eigenvalue weighted by atomic mass is 35.5. The molecule has 1 fully saturated rings. The van der Waals surface area contributed by atoms with Crippen LogP contribution in [0.3, 0.4) is 0 Å². The molecule has 1 atom stereocenters. The summed E-state index contributed by atoms with van der Waals surface area (Å²) in [6, 6.07) is 0. The standard InChI is InChI=1S/C6H10Cl2/c1-6(2)3-4(6)5(7)8/h4-5H,3H2,1-2H3. The Balaban J connectivity index is 2.37. The average Bonchev–Trinajstić information content (AvgIpc) is 2.13. The smallest absolute Gasteiger partial charge is 0.105 e. The zero-order valence-corrected chi connectivity index (χ0v) is 6.63. The molecule has 1 saturated carbocycles. The number of rotatable bonds is 1. The topological polar surface area (TPSA) is 0 Å². The van der Waals surface area contributed by atoms with E-state index in [-0.39, 0.29) is 4.84 Å². The van der Waals surface area contributed by atoms with Crippen molar-refractivity contribution in [2.75, 3.05) is 0 Å². The Morgan fingerprint density at radius 1 is 1.50 bits per heavy atom. The fourth-order valence-corrected chi connectivity index (χ4v) is 1.80. The first kappa shape index (κ1) is 6.70. The Kier molecular flexibility index (Phi) is 1.49. The molecule has 8 heavy (non-hydrogen) atoms. The minimum Gasteiger partial charge on any atom is -0.105 e. The van der Waals surface area contributed by atoms with Gasteiger partial charge >= 0.3 is 0 Å². The van der Waals surface area contributed by atoms with Crippen LogP contribution in [-0.4, -0.2) is 4.84 Å². The van der Waals surface area contributed by atoms with Gasteiger partial charge in [-0.2, -0.15) is 0 Å². The second-order valence-corrected chi connectivity index (χ2v) is 4.30. The van der Waals surface area contributed by atoms with Crippen molar-refractivity contribution < 1.29 is 0 Å². The van der Waals surface area contributed by atoms with E-state index in [2.05, 4.69) is 13.8 Å². The molecule has 1 unspecified atom stereocenters. The maximum absolute atomic E-state index is 5.63. The summed E-state index contributed by atoms with van der Waals surface area (Å²) < 4.78 is 0. The number of halogens is 2. The molecule has 0 N–H and O–H groups in total. The molecule has 0 aromatic carbocycles. The Hall–Kier alpha value is 0.580. The Labute approximate surface area is 60.2 Å². The van der Waals surface area contributed by atoms with Crippen molar-refractivity contribution in [2.24, 2.45) is 11.3 Å². The Morgan fingerprint density at radius 2 is 1.88 bits per heavy atom. The van der Waals surface area contributed by atoms with Crippen LogP contribution < -0.4 is 0 Å². The lowest BCUT2D eigenvalue weighted by Crippen LogP contribution is -1.97. The van der Waals surface area contributed by atoms with Gasteiger partial charge in [0.05, 0.1) is 0 Å². The summed E-state index contributed by atoms with van der Waals surface area (Å²) in [4.78, 5) is -0.148. The number of hydrogen-bond acceptors (Lipinski definition) is 0. The lowest BCUT2D eigenvalue weighted by atomic mass is 10.1. The van der Waals surface area contributed by atoms with Crippen molar-refractivity contribution in [1.82, 2.24) is 0 Å². The van der Waals surface area contributed by atoms with Crippen LogP contribution in [0.5, 0.6) is 0 Å². The summed E-state index contributed by atoms with van der Waals surface area (Å²) in [7, 11) is 0. The highest BCUT2D eigenvalue weighted by molar-refractivity contribution is 6.44. The van der Waals surface area contributed by atoms with E-state index in [1.165, 1.54) is 6.42 Å². The van der Waals surface area contributed by atoms with E-state index in [1.807, 2.05) is 0 Å². The van der Waals surface area contributed by atoms with E-state index in [0.29, 0.717) is 11.3 Å². The van der Waals surface area contributed by atoms with Crippen LogP contribution in [0.4, 0.5) is 0 Å². The van der Waals surface area contributed by atoms with Crippen LogP contribution in [0, 0.1) is 11.3 Å². The predicted molar refractivity (Wildman–Crippen MR) is 37.4 cm³/mol. The lowest BCUT2D eigenvalue weighted by Gasteiger charge is -2.00. The van der Waals surface area contributed by atoms with E-state index < -0.39 is 0 Å². The third-order valence-corrected chi connectivity index (χ3v) is 2.50. The molecule has 2 heteroatoms. The number of alkyl halides is 2. The van der Waals surface area contributed by atoms with Gasteiger partial charge in [0, 0.05) is 0 Å². The molecule has 0 aliphatic heterocycles. The molecular formula is C6H10Cl2. The van der Waals surface area contributed by atoms with Gasteiger partial charge in [0.25, 0.3) is 0 Å². The van der Waals surface area contributed by atoms with Crippen molar-refractivity contribution in [3.05, 3.63) is 0 Å². The fourth-order valence-electron chi connectivity index (χ4n) is 0.938. The predicted octanol–water partition coefficient (Wildman–Crippen LogP) is 2.84. The van der Waals surface area contributed by atoms with Crippen LogP contribution >= 0.6 is 23.2 Å². The maximum atomic E-state index is 5.63. The van der Waals surface area contributed by atoms with Gasteiger partial charge in [0.1, 0.15) is 4.84 Å². The highest BCUT2D eigenvalue weighted by Crippen LogP contribution is 2.55. The molecule has 0 amide bonds. The molecule has 48 valence electrons. The van der Waals surface area contributed by atoms with Gasteiger partial charge in [-0.3, -0.25) is 0 Å². The van der Waals surface area contributed by atoms with Gasteiger partial charge in [0.15, 0.2) is 0 Å². The van der Waals surface area contributed by atoms with E-state index >= 15 is 0 Å². The maximum Gasteiger partial charge on any atom is 0.111 e. The molecule has 1 rings (SSSR count). The summed E-state index contributed by atoms with van der Waals surface area (Å²) >= 11 is 11.3. The first-order valence-electron chi connectivity index (χ1n) is 2.82. The summed E-state index contributed by atoms with van der Waals surface area (Å²) in [6.07, 6.45) is 1.19. The molecule has 0 bridgehead atoms. The number of hydrogen-bond donors (Lipinski definition) is 0. The van der Waals surface area contributed by atoms with E-state index in [1.54, 1.807) is 0 Å². The molecule has 0 aromatic heterocycles. The first-order valence-corrected chi connectivity index (χ1v) is 3.69. The van der Waals surface area contributed by atoms with Gasteiger partial charge in [-0.15, -0.1) is 23.2 Å². The molecule has 0 aromatic rings. The van der Waals surface area contributed by atoms with Gasteiger partial charge < -0.3 is 0 Å². The molecular weight excluding hydrogens is 143 g/mol. The molecule has 0 nitrogen and oxygen atoms in total. The Bertz CT molecular complexity index is 96.7. The highest BCUT2D eigenvalue weighted by Gasteiger charge is 2.49. The van der Waals surface area contributed by atoms with Crippen LogP contribution in [-0.2, 0) is 0 Å². The van der Waals surface area contributed by atoms with Crippen LogP contribution in [0.1, 0.15) is 20.3 Å². The van der Waals surface area contributed by atoms with Crippen LogP contribution in [0.15, 0.2) is 0 Å². The van der Waals surface area contributed by atoms with Crippen molar-refractivity contribution >= 4 is 23.2 Å². The third-order valence-electron chi connectivity index (χ3n) is 1.89. The lowest BCUT2D eigenvalue weighted by molar-refractivity contribution is 0.578. The zero-order valence-electron chi connectivity index (χ0n) is 5.12. The van der Waals surface area contributed by atoms with Crippen LogP contribution in [0.25, 0.3) is 0 Å². The van der Waals surface area contributed by atoms with Crippen molar-refractivity contribution in [3.8, 4) is 0 Å². The van der Waals surface area contributed by atoms with Gasteiger partial charge in [0.2, 0.25) is 0 Å². The minimum atomic E-state index is -0.148. The molecule has 1 aliphatic rings. The van der Waals surface area contributed by atoms with Crippen LogP contribution in [0.2, 0.25) is 0 Å². The minimum absolute atomic E-state index is 0.148. The normalized spacial score (nSPS) is 33.4.